The zero-order valence-corrected chi connectivity index (χ0v) is 14.1. The summed E-state index contributed by atoms with van der Waals surface area (Å²) < 4.78 is 5.22. The molecule has 0 radical (unpaired) electrons. The lowest BCUT2D eigenvalue weighted by Crippen LogP contribution is -2.40. The highest BCUT2D eigenvalue weighted by Crippen LogP contribution is 2.27. The van der Waals surface area contributed by atoms with E-state index in [0.717, 1.165) is 21.2 Å². The highest BCUT2D eigenvalue weighted by Gasteiger charge is 2.11. The molecule has 1 heterocycles. The molecule has 0 spiro atoms. The lowest BCUT2D eigenvalue weighted by atomic mass is 10.2. The average molecular weight is 335 g/mol. The third kappa shape index (κ3) is 4.67. The summed E-state index contributed by atoms with van der Waals surface area (Å²) in [5, 5.41) is 12.7. The smallest absolute Gasteiger partial charge is 0.317 e. The van der Waals surface area contributed by atoms with E-state index >= 15 is 0 Å². The van der Waals surface area contributed by atoms with E-state index < -0.39 is 0 Å². The van der Waals surface area contributed by atoms with Gasteiger partial charge in [0.15, 0.2) is 0 Å². The number of nitrogens with zero attached hydrogens (tertiary/aromatic N) is 2. The van der Waals surface area contributed by atoms with Gasteiger partial charge in [-0.05, 0) is 19.1 Å². The van der Waals surface area contributed by atoms with Crippen LogP contribution in [0.3, 0.4) is 0 Å². The van der Waals surface area contributed by atoms with Crippen LogP contribution in [0.1, 0.15) is 11.8 Å². The van der Waals surface area contributed by atoms with E-state index in [0.29, 0.717) is 19.6 Å². The molecule has 2 N–H and O–H groups in total. The van der Waals surface area contributed by atoms with Crippen LogP contribution >= 0.6 is 11.3 Å². The fourth-order valence-corrected chi connectivity index (χ4v) is 2.93. The first-order chi connectivity index (χ1) is 11.2. The third-order valence-electron chi connectivity index (χ3n) is 3.32. The van der Waals surface area contributed by atoms with E-state index in [1.54, 1.807) is 18.2 Å². The Balaban J connectivity index is 1.98. The Labute approximate surface area is 139 Å². The normalized spacial score (nSPS) is 10.4. The number of nitrogens with one attached hydrogen (secondary N) is 1. The van der Waals surface area contributed by atoms with Crippen molar-refractivity contribution in [1.82, 2.24) is 15.2 Å². The van der Waals surface area contributed by atoms with Crippen molar-refractivity contribution in [2.45, 2.75) is 13.5 Å². The molecule has 0 fully saturated rings. The van der Waals surface area contributed by atoms with Crippen molar-refractivity contribution in [3.8, 4) is 16.3 Å². The highest BCUT2D eigenvalue weighted by atomic mass is 32.1. The summed E-state index contributed by atoms with van der Waals surface area (Å²) in [7, 11) is 1.63. The lowest BCUT2D eigenvalue weighted by Gasteiger charge is -2.19. The number of methoxy groups -OCH3 is 1. The van der Waals surface area contributed by atoms with Gasteiger partial charge < -0.3 is 20.1 Å². The van der Waals surface area contributed by atoms with E-state index in [4.69, 9.17) is 9.84 Å². The summed E-state index contributed by atoms with van der Waals surface area (Å²) in [6, 6.07) is 7.53. The second-order valence-corrected chi connectivity index (χ2v) is 5.94. The van der Waals surface area contributed by atoms with Crippen molar-refractivity contribution in [1.29, 1.82) is 0 Å². The van der Waals surface area contributed by atoms with E-state index in [2.05, 4.69) is 10.3 Å². The van der Waals surface area contributed by atoms with Gasteiger partial charge in [0.2, 0.25) is 0 Å². The number of likely N-dealkylation sites (N-methyl/N-ethyl adjacent to an activating group) is 1. The zero-order chi connectivity index (χ0) is 16.7. The van der Waals surface area contributed by atoms with Crippen molar-refractivity contribution < 1.29 is 14.6 Å². The number of thiazole rings is 1. The zero-order valence-electron chi connectivity index (χ0n) is 13.3. The summed E-state index contributed by atoms with van der Waals surface area (Å²) in [6.45, 7) is 3.15. The van der Waals surface area contributed by atoms with Crippen LogP contribution in [0.2, 0.25) is 0 Å². The predicted molar refractivity (Wildman–Crippen MR) is 90.7 cm³/mol. The molecule has 6 nitrogen and oxygen atoms in total. The van der Waals surface area contributed by atoms with Gasteiger partial charge in [0.05, 0.1) is 20.3 Å². The quantitative estimate of drug-likeness (QED) is 0.814. The Bertz CT molecular complexity index is 645. The maximum Gasteiger partial charge on any atom is 0.317 e. The van der Waals surface area contributed by atoms with Crippen LogP contribution in [-0.2, 0) is 6.54 Å². The van der Waals surface area contributed by atoms with Crippen LogP contribution in [0.4, 0.5) is 4.79 Å². The molecule has 124 valence electrons. The Hall–Kier alpha value is -2.12. The minimum Gasteiger partial charge on any atom is -0.497 e. The summed E-state index contributed by atoms with van der Waals surface area (Å²) >= 11 is 1.53. The highest BCUT2D eigenvalue weighted by molar-refractivity contribution is 7.15. The fourth-order valence-electron chi connectivity index (χ4n) is 2.08. The molecule has 2 aromatic rings. The molecule has 1 aromatic carbocycles. The van der Waals surface area contributed by atoms with Crippen LogP contribution in [0, 0.1) is 0 Å². The van der Waals surface area contributed by atoms with Crippen LogP contribution in [0.25, 0.3) is 10.6 Å². The Morgan fingerprint density at radius 2 is 2.30 bits per heavy atom. The molecule has 0 aliphatic rings. The van der Waals surface area contributed by atoms with Crippen molar-refractivity contribution >= 4 is 17.4 Å². The number of ether oxygens (including phenoxy) is 1. The van der Waals surface area contributed by atoms with E-state index in [-0.39, 0.29) is 12.6 Å². The number of carbonyl (C=O) groups is 1. The summed E-state index contributed by atoms with van der Waals surface area (Å²) in [6.07, 6.45) is 1.77. The molecule has 0 aliphatic carbocycles. The number of amides is 2. The summed E-state index contributed by atoms with van der Waals surface area (Å²) in [5.41, 5.74) is 0.988. The molecule has 2 rings (SSSR count). The number of aliphatic hydroxyl groups excluding tert-OH is 1. The number of urea groups is 1. The van der Waals surface area contributed by atoms with Crippen molar-refractivity contribution in [2.75, 3.05) is 26.8 Å². The van der Waals surface area contributed by atoms with Crippen LogP contribution < -0.4 is 10.1 Å². The van der Waals surface area contributed by atoms with Gasteiger partial charge in [0.25, 0.3) is 0 Å². The Kier molecular flexibility index (Phi) is 6.37. The maximum atomic E-state index is 12.0. The fraction of sp³-hybridized carbons (Fsp3) is 0.375. The number of rotatable bonds is 7. The Morgan fingerprint density at radius 1 is 1.48 bits per heavy atom. The number of aliphatic hydroxyl groups is 1. The van der Waals surface area contributed by atoms with Gasteiger partial charge in [-0.15, -0.1) is 11.3 Å². The molecule has 0 bridgehead atoms. The second-order valence-electron chi connectivity index (χ2n) is 4.83. The van der Waals surface area contributed by atoms with Crippen molar-refractivity contribution in [2.24, 2.45) is 0 Å². The molecule has 7 heteroatoms. The minimum absolute atomic E-state index is 0.0399. The molecule has 0 aliphatic heterocycles. The van der Waals surface area contributed by atoms with Gasteiger partial charge in [0.1, 0.15) is 10.8 Å². The molecule has 0 saturated heterocycles. The molecule has 0 saturated carbocycles. The number of hydrogen-bond acceptors (Lipinski definition) is 5. The second kappa shape index (κ2) is 8.50. The molecule has 1 aromatic heterocycles. The number of aromatic nitrogens is 1. The minimum atomic E-state index is -0.183. The van der Waals surface area contributed by atoms with Crippen LogP contribution in [0.5, 0.6) is 5.75 Å². The lowest BCUT2D eigenvalue weighted by molar-refractivity contribution is 0.180. The van der Waals surface area contributed by atoms with Crippen LogP contribution in [0.15, 0.2) is 30.5 Å². The van der Waals surface area contributed by atoms with Gasteiger partial charge in [-0.3, -0.25) is 0 Å². The first-order valence-electron chi connectivity index (χ1n) is 7.40. The first kappa shape index (κ1) is 17.2. The topological polar surface area (TPSA) is 74.7 Å². The van der Waals surface area contributed by atoms with E-state index in [1.807, 2.05) is 31.2 Å². The predicted octanol–water partition coefficient (Wildman–Crippen LogP) is 2.34. The summed E-state index contributed by atoms with van der Waals surface area (Å²) in [5.74, 6) is 0.787. The molecule has 2 amide bonds. The largest absolute Gasteiger partial charge is 0.497 e. The number of carbonyl (C=O) groups excluding carboxylic acids is 1. The van der Waals surface area contributed by atoms with Crippen LogP contribution in [-0.4, -0.2) is 47.8 Å². The number of hydrogen-bond donors (Lipinski definition) is 2. The molecule has 0 unspecified atom stereocenters. The van der Waals surface area contributed by atoms with Gasteiger partial charge in [-0.1, -0.05) is 12.1 Å². The van der Waals surface area contributed by atoms with Gasteiger partial charge in [0, 0.05) is 29.7 Å². The molecule has 0 atom stereocenters. The monoisotopic (exact) mass is 335 g/mol. The van der Waals surface area contributed by atoms with Gasteiger partial charge >= 0.3 is 6.03 Å². The van der Waals surface area contributed by atoms with Gasteiger partial charge in [-0.2, -0.15) is 0 Å². The van der Waals surface area contributed by atoms with Crippen molar-refractivity contribution in [3.63, 3.8) is 0 Å². The molecule has 23 heavy (non-hydrogen) atoms. The third-order valence-corrected chi connectivity index (χ3v) is 4.37. The Morgan fingerprint density at radius 3 is 3.00 bits per heavy atom. The average Bonchev–Trinajstić information content (AvgIpc) is 3.06. The SMILES string of the molecule is CCN(CCO)C(=O)NCc1cnc(-c2cccc(OC)c2)s1. The van der Waals surface area contributed by atoms with Gasteiger partial charge in [-0.25, -0.2) is 9.78 Å². The standard InChI is InChI=1S/C16H21N3O3S/c1-3-19(7-8-20)16(21)18-11-14-10-17-15(23-14)12-5-4-6-13(9-12)22-2/h4-6,9-10,20H,3,7-8,11H2,1-2H3,(H,18,21). The molecular weight excluding hydrogens is 314 g/mol. The first-order valence-corrected chi connectivity index (χ1v) is 8.22. The number of benzene rings is 1. The maximum absolute atomic E-state index is 12.0. The van der Waals surface area contributed by atoms with E-state index in [1.165, 1.54) is 11.3 Å². The molecular formula is C16H21N3O3S. The van der Waals surface area contributed by atoms with Crippen molar-refractivity contribution in [3.05, 3.63) is 35.3 Å². The summed E-state index contributed by atoms with van der Waals surface area (Å²) in [4.78, 5) is 18.9. The van der Waals surface area contributed by atoms with E-state index in [9.17, 15) is 4.79 Å².